The summed E-state index contributed by atoms with van der Waals surface area (Å²) >= 11 is 3.28. The van der Waals surface area contributed by atoms with Crippen molar-refractivity contribution >= 4 is 38.6 Å². The normalized spacial score (nSPS) is 10.6. The van der Waals surface area contributed by atoms with Crippen molar-refractivity contribution in [3.05, 3.63) is 75.2 Å². The van der Waals surface area contributed by atoms with Crippen molar-refractivity contribution in [2.75, 3.05) is 6.61 Å². The van der Waals surface area contributed by atoms with Crippen LogP contribution >= 0.6 is 15.9 Å². The number of nitrogens with zero attached hydrogens (tertiary/aromatic N) is 2. The maximum absolute atomic E-state index is 12.3. The molecule has 126 valence electrons. The zero-order valence-corrected chi connectivity index (χ0v) is 14.6. The number of esters is 1. The SMILES string of the molecule is O=C(Cn1cnc2ccccc2c1=O)OCC(=O)c1cccc(Br)c1. The molecule has 0 bridgehead atoms. The number of hydrogen-bond donors (Lipinski definition) is 0. The lowest BCUT2D eigenvalue weighted by molar-refractivity contribution is -0.143. The Morgan fingerprint density at radius 2 is 1.92 bits per heavy atom. The van der Waals surface area contributed by atoms with E-state index in [1.807, 2.05) is 0 Å². The van der Waals surface area contributed by atoms with Gasteiger partial charge in [0, 0.05) is 10.0 Å². The van der Waals surface area contributed by atoms with Gasteiger partial charge in [-0.1, -0.05) is 40.2 Å². The Hall–Kier alpha value is -2.80. The number of fused-ring (bicyclic) bond motifs is 1. The number of ketones is 1. The largest absolute Gasteiger partial charge is 0.456 e. The van der Waals surface area contributed by atoms with Crippen LogP contribution in [0.5, 0.6) is 0 Å². The number of carbonyl (C=O) groups is 2. The molecule has 0 fully saturated rings. The summed E-state index contributed by atoms with van der Waals surface area (Å²) in [6.45, 7) is -0.687. The molecular formula is C18H13BrN2O4. The van der Waals surface area contributed by atoms with Gasteiger partial charge in [-0.05, 0) is 24.3 Å². The lowest BCUT2D eigenvalue weighted by atomic mass is 10.1. The van der Waals surface area contributed by atoms with Crippen LogP contribution in [0.3, 0.4) is 0 Å². The van der Waals surface area contributed by atoms with E-state index in [0.717, 1.165) is 9.04 Å². The highest BCUT2D eigenvalue weighted by Gasteiger charge is 2.12. The predicted molar refractivity (Wildman–Crippen MR) is 95.4 cm³/mol. The zero-order chi connectivity index (χ0) is 17.8. The zero-order valence-electron chi connectivity index (χ0n) is 13.0. The van der Waals surface area contributed by atoms with Crippen molar-refractivity contribution in [1.29, 1.82) is 0 Å². The molecule has 0 unspecified atom stereocenters. The molecule has 7 heteroatoms. The molecular weight excluding hydrogens is 388 g/mol. The van der Waals surface area contributed by atoms with Crippen molar-refractivity contribution in [3.63, 3.8) is 0 Å². The van der Waals surface area contributed by atoms with E-state index in [9.17, 15) is 14.4 Å². The second kappa shape index (κ2) is 7.40. The number of para-hydroxylation sites is 1. The van der Waals surface area contributed by atoms with Gasteiger partial charge < -0.3 is 4.74 Å². The molecule has 0 saturated carbocycles. The maximum atomic E-state index is 12.3. The second-order valence-electron chi connectivity index (χ2n) is 5.29. The van der Waals surface area contributed by atoms with Crippen LogP contribution in [0.25, 0.3) is 10.9 Å². The van der Waals surface area contributed by atoms with Crippen LogP contribution in [-0.2, 0) is 16.1 Å². The monoisotopic (exact) mass is 400 g/mol. The Morgan fingerprint density at radius 1 is 1.12 bits per heavy atom. The summed E-state index contributed by atoms with van der Waals surface area (Å²) in [5, 5.41) is 0.419. The van der Waals surface area contributed by atoms with Crippen LogP contribution in [0.2, 0.25) is 0 Å². The second-order valence-corrected chi connectivity index (χ2v) is 6.20. The third-order valence-corrected chi connectivity index (χ3v) is 4.04. The number of Topliss-reactive ketones (excluding diaryl/α,β-unsaturated/α-hetero) is 1. The molecule has 0 aliphatic carbocycles. The number of ether oxygens (including phenoxy) is 1. The molecule has 0 saturated heterocycles. The molecule has 0 amide bonds. The van der Waals surface area contributed by atoms with Crippen molar-refractivity contribution in [2.45, 2.75) is 6.54 Å². The smallest absolute Gasteiger partial charge is 0.326 e. The van der Waals surface area contributed by atoms with Crippen LogP contribution in [0.15, 0.2) is 64.1 Å². The van der Waals surface area contributed by atoms with E-state index in [1.54, 1.807) is 48.5 Å². The fraction of sp³-hybridized carbons (Fsp3) is 0.111. The highest BCUT2D eigenvalue weighted by molar-refractivity contribution is 9.10. The van der Waals surface area contributed by atoms with Crippen LogP contribution in [0, 0.1) is 0 Å². The molecule has 6 nitrogen and oxygen atoms in total. The van der Waals surface area contributed by atoms with Crippen LogP contribution in [0.1, 0.15) is 10.4 Å². The van der Waals surface area contributed by atoms with E-state index < -0.39 is 5.97 Å². The van der Waals surface area contributed by atoms with E-state index in [2.05, 4.69) is 20.9 Å². The van der Waals surface area contributed by atoms with Crippen LogP contribution in [-0.4, -0.2) is 27.9 Å². The Labute approximate surface area is 151 Å². The Bertz CT molecular complexity index is 1010. The van der Waals surface area contributed by atoms with E-state index >= 15 is 0 Å². The number of rotatable bonds is 5. The number of aromatic nitrogens is 2. The molecule has 0 radical (unpaired) electrons. The molecule has 0 aliphatic rings. The minimum atomic E-state index is -0.678. The average molecular weight is 401 g/mol. The summed E-state index contributed by atoms with van der Waals surface area (Å²) < 4.78 is 6.90. The summed E-state index contributed by atoms with van der Waals surface area (Å²) in [5.41, 5.74) is 0.662. The molecule has 1 heterocycles. The Kier molecular flexibility index (Phi) is 5.04. The van der Waals surface area contributed by atoms with Gasteiger partial charge in [-0.2, -0.15) is 0 Å². The fourth-order valence-electron chi connectivity index (χ4n) is 2.29. The van der Waals surface area contributed by atoms with Gasteiger partial charge in [0.25, 0.3) is 5.56 Å². The molecule has 3 aromatic rings. The molecule has 0 spiro atoms. The third kappa shape index (κ3) is 4.00. The van der Waals surface area contributed by atoms with E-state index in [4.69, 9.17) is 4.74 Å². The summed E-state index contributed by atoms with van der Waals surface area (Å²) in [6.07, 6.45) is 1.29. The first-order valence-corrected chi connectivity index (χ1v) is 8.22. The first-order valence-electron chi connectivity index (χ1n) is 7.43. The lowest BCUT2D eigenvalue weighted by Crippen LogP contribution is -2.26. The lowest BCUT2D eigenvalue weighted by Gasteiger charge is -2.07. The molecule has 0 atom stereocenters. The van der Waals surface area contributed by atoms with Gasteiger partial charge in [0.2, 0.25) is 0 Å². The van der Waals surface area contributed by atoms with Gasteiger partial charge in [0.1, 0.15) is 6.54 Å². The summed E-state index contributed by atoms with van der Waals surface area (Å²) in [6, 6.07) is 13.7. The molecule has 0 N–H and O–H groups in total. The van der Waals surface area contributed by atoms with Crippen molar-refractivity contribution < 1.29 is 14.3 Å². The van der Waals surface area contributed by atoms with Crippen LogP contribution < -0.4 is 5.56 Å². The maximum Gasteiger partial charge on any atom is 0.326 e. The minimum Gasteiger partial charge on any atom is -0.456 e. The molecule has 3 rings (SSSR count). The highest BCUT2D eigenvalue weighted by Crippen LogP contribution is 2.12. The number of halogens is 1. The van der Waals surface area contributed by atoms with E-state index in [0.29, 0.717) is 16.5 Å². The van der Waals surface area contributed by atoms with Crippen LogP contribution in [0.4, 0.5) is 0 Å². The van der Waals surface area contributed by atoms with Gasteiger partial charge >= 0.3 is 5.97 Å². The van der Waals surface area contributed by atoms with Gasteiger partial charge in [-0.25, -0.2) is 4.98 Å². The summed E-state index contributed by atoms with van der Waals surface area (Å²) in [4.78, 5) is 40.4. The van der Waals surface area contributed by atoms with E-state index in [1.165, 1.54) is 6.33 Å². The first kappa shape index (κ1) is 17.0. The highest BCUT2D eigenvalue weighted by atomic mass is 79.9. The molecule has 1 aromatic heterocycles. The van der Waals surface area contributed by atoms with E-state index in [-0.39, 0.29) is 24.5 Å². The molecule has 2 aromatic carbocycles. The number of hydrogen-bond acceptors (Lipinski definition) is 5. The van der Waals surface area contributed by atoms with Crippen molar-refractivity contribution in [1.82, 2.24) is 9.55 Å². The van der Waals surface area contributed by atoms with Gasteiger partial charge in [-0.15, -0.1) is 0 Å². The fourth-order valence-corrected chi connectivity index (χ4v) is 2.69. The number of benzene rings is 2. The third-order valence-electron chi connectivity index (χ3n) is 3.54. The topological polar surface area (TPSA) is 78.3 Å². The minimum absolute atomic E-state index is 0.303. The average Bonchev–Trinajstić information content (AvgIpc) is 2.62. The van der Waals surface area contributed by atoms with Crippen molar-refractivity contribution in [2.24, 2.45) is 0 Å². The molecule has 25 heavy (non-hydrogen) atoms. The van der Waals surface area contributed by atoms with Gasteiger partial charge in [-0.3, -0.25) is 19.0 Å². The first-order chi connectivity index (χ1) is 12.0. The van der Waals surface area contributed by atoms with Gasteiger partial charge in [0.15, 0.2) is 12.4 Å². The predicted octanol–water partition coefficient (Wildman–Crippen LogP) is 2.59. The van der Waals surface area contributed by atoms with Gasteiger partial charge in [0.05, 0.1) is 17.2 Å². The number of carbonyl (C=O) groups excluding carboxylic acids is 2. The Morgan fingerprint density at radius 3 is 2.72 bits per heavy atom. The molecule has 0 aliphatic heterocycles. The standard InChI is InChI=1S/C18H13BrN2O4/c19-13-5-3-4-12(8-13)16(22)10-25-17(23)9-21-11-20-15-7-2-1-6-14(15)18(21)24/h1-8,11H,9-10H2. The van der Waals surface area contributed by atoms with Crippen molar-refractivity contribution in [3.8, 4) is 0 Å². The quantitative estimate of drug-likeness (QED) is 0.485. The summed E-state index contributed by atoms with van der Waals surface area (Å²) in [5.74, 6) is -0.999. The Balaban J connectivity index is 1.66. The summed E-state index contributed by atoms with van der Waals surface area (Å²) in [7, 11) is 0.